The van der Waals surface area contributed by atoms with Crippen LogP contribution >= 0.6 is 27.7 Å². The van der Waals surface area contributed by atoms with Gasteiger partial charge in [-0.3, -0.25) is 4.57 Å². The third kappa shape index (κ3) is 3.27. The van der Waals surface area contributed by atoms with Crippen LogP contribution in [0.2, 0.25) is 0 Å². The van der Waals surface area contributed by atoms with Gasteiger partial charge in [0.05, 0.1) is 4.47 Å². The first-order chi connectivity index (χ1) is 9.13. The van der Waals surface area contributed by atoms with Gasteiger partial charge in [0.15, 0.2) is 5.16 Å². The second kappa shape index (κ2) is 6.38. The predicted octanol–water partition coefficient (Wildman–Crippen LogP) is 3.18. The summed E-state index contributed by atoms with van der Waals surface area (Å²) in [6.45, 7) is 2.62. The highest BCUT2D eigenvalue weighted by molar-refractivity contribution is 9.10. The van der Waals surface area contributed by atoms with Gasteiger partial charge in [-0.05, 0) is 34.0 Å². The maximum absolute atomic E-state index is 13.4. The molecule has 0 aliphatic heterocycles. The molecule has 1 heterocycles. The molecule has 2 aromatic rings. The molecule has 0 saturated carbocycles. The van der Waals surface area contributed by atoms with Crippen LogP contribution in [0.5, 0.6) is 0 Å². The first-order valence-electron chi connectivity index (χ1n) is 5.84. The van der Waals surface area contributed by atoms with Gasteiger partial charge in [0.2, 0.25) is 0 Å². The number of H-pyrrole nitrogens is 1. The van der Waals surface area contributed by atoms with E-state index in [0.29, 0.717) is 21.9 Å². The average Bonchev–Trinajstić information content (AvgIpc) is 2.74. The molecule has 0 unspecified atom stereocenters. The van der Waals surface area contributed by atoms with Crippen molar-refractivity contribution in [2.75, 3.05) is 0 Å². The topological polar surface area (TPSA) is 50.7 Å². The van der Waals surface area contributed by atoms with Gasteiger partial charge in [-0.1, -0.05) is 30.8 Å². The van der Waals surface area contributed by atoms with Gasteiger partial charge in [-0.2, -0.15) is 0 Å². The van der Waals surface area contributed by atoms with E-state index >= 15 is 0 Å². The van der Waals surface area contributed by atoms with Crippen LogP contribution in [0, 0.1) is 5.82 Å². The number of hydrogen-bond donors (Lipinski definition) is 1. The van der Waals surface area contributed by atoms with E-state index < -0.39 is 0 Å². The molecule has 19 heavy (non-hydrogen) atoms. The van der Waals surface area contributed by atoms with Crippen molar-refractivity contribution in [3.63, 3.8) is 0 Å². The number of nitrogens with one attached hydrogen (secondary N) is 1. The first kappa shape index (κ1) is 14.3. The van der Waals surface area contributed by atoms with Crippen LogP contribution in [0.1, 0.15) is 18.9 Å². The standard InChI is InChI=1S/C12H13BrFN3OS/c1-2-6-17-11(18)15-16-12(17)19-7-8-4-3-5-9(14)10(8)13/h3-5H,2,6-7H2,1H3,(H,15,18). The smallest absolute Gasteiger partial charge is 0.270 e. The highest BCUT2D eigenvalue weighted by atomic mass is 79.9. The van der Waals surface area contributed by atoms with Gasteiger partial charge in [0.25, 0.3) is 0 Å². The van der Waals surface area contributed by atoms with E-state index in [1.54, 1.807) is 10.6 Å². The van der Waals surface area contributed by atoms with Crippen molar-refractivity contribution in [1.82, 2.24) is 14.8 Å². The highest BCUT2D eigenvalue weighted by Gasteiger charge is 2.10. The molecular weight excluding hydrogens is 333 g/mol. The molecule has 4 nitrogen and oxygen atoms in total. The van der Waals surface area contributed by atoms with E-state index in [0.717, 1.165) is 12.0 Å². The molecule has 7 heteroatoms. The van der Waals surface area contributed by atoms with E-state index in [4.69, 9.17) is 0 Å². The lowest BCUT2D eigenvalue weighted by atomic mass is 10.2. The van der Waals surface area contributed by atoms with E-state index in [9.17, 15) is 9.18 Å². The second-order valence-corrected chi connectivity index (χ2v) is 5.70. The third-order valence-corrected chi connectivity index (χ3v) is 4.47. The largest absolute Gasteiger partial charge is 0.343 e. The summed E-state index contributed by atoms with van der Waals surface area (Å²) in [4.78, 5) is 11.5. The molecule has 1 N–H and O–H groups in total. The van der Waals surface area contributed by atoms with E-state index in [1.165, 1.54) is 17.8 Å². The van der Waals surface area contributed by atoms with Crippen molar-refractivity contribution in [3.8, 4) is 0 Å². The Labute approximate surface area is 122 Å². The Hall–Kier alpha value is -1.08. The molecule has 2 rings (SSSR count). The van der Waals surface area contributed by atoms with Crippen molar-refractivity contribution >= 4 is 27.7 Å². The minimum atomic E-state index is -0.286. The molecular formula is C12H13BrFN3OS. The van der Waals surface area contributed by atoms with Crippen molar-refractivity contribution in [2.24, 2.45) is 0 Å². The summed E-state index contributed by atoms with van der Waals surface area (Å²) in [5.74, 6) is 0.262. The summed E-state index contributed by atoms with van der Waals surface area (Å²) >= 11 is 4.63. The van der Waals surface area contributed by atoms with Crippen molar-refractivity contribution in [3.05, 3.63) is 44.5 Å². The van der Waals surface area contributed by atoms with E-state index in [2.05, 4.69) is 26.1 Å². The number of halogens is 2. The average molecular weight is 346 g/mol. The van der Waals surface area contributed by atoms with Crippen LogP contribution < -0.4 is 5.69 Å². The maximum atomic E-state index is 13.4. The zero-order chi connectivity index (χ0) is 13.8. The highest BCUT2D eigenvalue weighted by Crippen LogP contribution is 2.27. The van der Waals surface area contributed by atoms with Crippen molar-refractivity contribution < 1.29 is 4.39 Å². The number of hydrogen-bond acceptors (Lipinski definition) is 3. The molecule has 0 radical (unpaired) electrons. The minimum absolute atomic E-state index is 0.206. The fraction of sp³-hybridized carbons (Fsp3) is 0.333. The molecule has 0 aliphatic carbocycles. The first-order valence-corrected chi connectivity index (χ1v) is 7.62. The lowest BCUT2D eigenvalue weighted by Gasteiger charge is -2.06. The Kier molecular flexibility index (Phi) is 4.81. The zero-order valence-electron chi connectivity index (χ0n) is 10.3. The Morgan fingerprint density at radius 1 is 1.53 bits per heavy atom. The fourth-order valence-corrected chi connectivity index (χ4v) is 3.19. The molecule has 0 saturated heterocycles. The Balaban J connectivity index is 2.15. The molecule has 0 amide bonds. The monoisotopic (exact) mass is 345 g/mol. The molecule has 0 bridgehead atoms. The van der Waals surface area contributed by atoms with Crippen LogP contribution in [0.4, 0.5) is 4.39 Å². The predicted molar refractivity (Wildman–Crippen MR) is 76.8 cm³/mol. The molecule has 0 spiro atoms. The number of aromatic nitrogens is 3. The van der Waals surface area contributed by atoms with E-state index in [1.807, 2.05) is 13.0 Å². The Bertz CT molecular complexity index is 626. The van der Waals surface area contributed by atoms with E-state index in [-0.39, 0.29) is 11.5 Å². The van der Waals surface area contributed by atoms with Crippen LogP contribution in [0.3, 0.4) is 0 Å². The van der Waals surface area contributed by atoms with Gasteiger partial charge < -0.3 is 0 Å². The van der Waals surface area contributed by atoms with Gasteiger partial charge in [-0.25, -0.2) is 14.3 Å². The number of rotatable bonds is 5. The van der Waals surface area contributed by atoms with Gasteiger partial charge in [0.1, 0.15) is 5.82 Å². The second-order valence-electron chi connectivity index (χ2n) is 3.96. The number of benzene rings is 1. The normalized spacial score (nSPS) is 10.9. The number of nitrogens with zero attached hydrogens (tertiary/aromatic N) is 2. The van der Waals surface area contributed by atoms with Gasteiger partial charge in [0, 0.05) is 12.3 Å². The fourth-order valence-electron chi connectivity index (χ4n) is 1.64. The molecule has 0 atom stereocenters. The molecule has 0 aliphatic rings. The third-order valence-electron chi connectivity index (χ3n) is 2.56. The van der Waals surface area contributed by atoms with Crippen LogP contribution in [0.15, 0.2) is 32.6 Å². The summed E-state index contributed by atoms with van der Waals surface area (Å²) in [5.41, 5.74) is 0.631. The van der Waals surface area contributed by atoms with Crippen LogP contribution in [0.25, 0.3) is 0 Å². The molecule has 102 valence electrons. The Morgan fingerprint density at radius 2 is 2.32 bits per heavy atom. The quantitative estimate of drug-likeness (QED) is 0.846. The number of thioether (sulfide) groups is 1. The summed E-state index contributed by atoms with van der Waals surface area (Å²) in [5, 5.41) is 7.04. The van der Waals surface area contributed by atoms with Crippen molar-refractivity contribution in [1.29, 1.82) is 0 Å². The lowest BCUT2D eigenvalue weighted by Crippen LogP contribution is -2.17. The minimum Gasteiger partial charge on any atom is -0.270 e. The zero-order valence-corrected chi connectivity index (χ0v) is 12.7. The molecule has 0 fully saturated rings. The van der Waals surface area contributed by atoms with Gasteiger partial charge in [-0.15, -0.1) is 5.10 Å². The number of aromatic amines is 1. The van der Waals surface area contributed by atoms with Gasteiger partial charge >= 0.3 is 5.69 Å². The summed E-state index contributed by atoms with van der Waals surface area (Å²) in [6, 6.07) is 4.91. The molecule has 1 aromatic heterocycles. The molecule has 1 aromatic carbocycles. The lowest BCUT2D eigenvalue weighted by molar-refractivity contribution is 0.603. The summed E-state index contributed by atoms with van der Waals surface area (Å²) < 4.78 is 15.4. The summed E-state index contributed by atoms with van der Waals surface area (Å²) in [6.07, 6.45) is 0.858. The maximum Gasteiger partial charge on any atom is 0.343 e. The SMILES string of the molecule is CCCn1c(SCc2cccc(F)c2Br)n[nH]c1=O. The summed E-state index contributed by atoms with van der Waals surface area (Å²) in [7, 11) is 0. The Morgan fingerprint density at radius 3 is 3.05 bits per heavy atom. The van der Waals surface area contributed by atoms with Crippen LogP contribution in [-0.4, -0.2) is 14.8 Å². The van der Waals surface area contributed by atoms with Crippen LogP contribution in [-0.2, 0) is 12.3 Å². The van der Waals surface area contributed by atoms with Crippen molar-refractivity contribution in [2.45, 2.75) is 30.8 Å².